The summed E-state index contributed by atoms with van der Waals surface area (Å²) < 4.78 is 43.9. The third-order valence-electron chi connectivity index (χ3n) is 14.4. The first-order valence-corrected chi connectivity index (χ1v) is 35.6. The van der Waals surface area contributed by atoms with Crippen molar-refractivity contribution in [1.29, 1.82) is 0 Å². The first kappa shape index (κ1) is 56.3. The molecule has 0 saturated carbocycles. The molecule has 0 amide bonds. The van der Waals surface area contributed by atoms with Gasteiger partial charge < -0.3 is 0 Å². The number of benzene rings is 9. The molecular formula is C69H75O4S3Sb. The molecule has 398 valence electrons. The Hall–Kier alpha value is -5.47. The maximum absolute atomic E-state index is 18.8. The Morgan fingerprint density at radius 1 is 0.247 bits per heavy atom. The van der Waals surface area contributed by atoms with Crippen LogP contribution in [-0.2, 0) is 10.4 Å². The van der Waals surface area contributed by atoms with Gasteiger partial charge in [-0.25, -0.2) is 0 Å². The van der Waals surface area contributed by atoms with Crippen molar-refractivity contribution in [1.82, 2.24) is 0 Å². The fraction of sp³-hybridized carbons (Fsp3) is 0.217. The maximum atomic E-state index is 18.8. The van der Waals surface area contributed by atoms with Crippen LogP contribution < -0.4 is 0 Å². The Morgan fingerprint density at radius 2 is 0.377 bits per heavy atom. The van der Waals surface area contributed by atoms with Crippen LogP contribution in [-0.4, -0.2) is 20.1 Å². The van der Waals surface area contributed by atoms with Gasteiger partial charge in [-0.3, -0.25) is 0 Å². The van der Waals surface area contributed by atoms with Crippen LogP contribution in [0.3, 0.4) is 0 Å². The second-order valence-corrected chi connectivity index (χ2v) is 35.8. The van der Waals surface area contributed by atoms with Gasteiger partial charge in [0.25, 0.3) is 0 Å². The van der Waals surface area contributed by atoms with Gasteiger partial charge in [-0.2, -0.15) is 0 Å². The third-order valence-corrected chi connectivity index (χ3v) is 34.4. The Kier molecular flexibility index (Phi) is 17.1. The standard InChI is InChI=1S/3C23H26OS.O.Sb/c3*1-17(2)20-9-15-23(16-10-20)25(24,21-11-5-18(3)6-12-21)22-13-7-19(4)8-14-22;;/h3*5-17,24H,1-4H3;;/q;;;;+3/p-3. The molecule has 0 aliphatic carbocycles. The van der Waals surface area contributed by atoms with Gasteiger partial charge in [-0.15, -0.1) is 0 Å². The molecule has 4 nitrogen and oxygen atoms in total. The van der Waals surface area contributed by atoms with E-state index in [9.17, 15) is 0 Å². The first-order valence-electron chi connectivity index (χ1n) is 26.8. The molecule has 0 bridgehead atoms. The molecule has 0 heterocycles. The predicted molar refractivity (Wildman–Crippen MR) is 326 cm³/mol. The summed E-state index contributed by atoms with van der Waals surface area (Å²) in [7, 11) is -9.04. The van der Waals surface area contributed by atoms with Gasteiger partial charge in [0.2, 0.25) is 0 Å². The van der Waals surface area contributed by atoms with Gasteiger partial charge in [0.05, 0.1) is 0 Å². The van der Waals surface area contributed by atoms with E-state index in [1.165, 1.54) is 16.7 Å². The summed E-state index contributed by atoms with van der Waals surface area (Å²) >= 11 is -6.73. The summed E-state index contributed by atoms with van der Waals surface area (Å²) in [4.78, 5) is 7.94. The minimum atomic E-state index is -6.73. The number of hydrogen-bond donors (Lipinski definition) is 0. The molecule has 0 radical (unpaired) electrons. The molecule has 9 aromatic carbocycles. The van der Waals surface area contributed by atoms with E-state index >= 15 is 3.02 Å². The second-order valence-electron chi connectivity index (χ2n) is 21.4. The SMILES string of the molecule is Cc1ccc(S([O][Sb](=[O])([O]S(c2ccc(C)cc2)(c2ccc(C)cc2)c2ccc(C(C)C)cc2)[O]S(c2ccc(C)cc2)(c2ccc(C)cc2)c2ccc(C(C)C)cc2)(c2ccc(C)cc2)c2ccc(C(C)C)cc2)cc1. The molecule has 8 heteroatoms. The van der Waals surface area contributed by atoms with E-state index in [0.717, 1.165) is 77.4 Å². The summed E-state index contributed by atoms with van der Waals surface area (Å²) in [6, 6.07) is 77.8. The second kappa shape index (κ2) is 23.5. The fourth-order valence-corrected chi connectivity index (χ4v) is 34.2. The van der Waals surface area contributed by atoms with Crippen molar-refractivity contribution in [3.63, 3.8) is 0 Å². The molecule has 0 atom stereocenters. The van der Waals surface area contributed by atoms with E-state index in [2.05, 4.69) is 301 Å². The molecule has 77 heavy (non-hydrogen) atoms. The van der Waals surface area contributed by atoms with E-state index in [-0.39, 0.29) is 17.8 Å². The van der Waals surface area contributed by atoms with Crippen molar-refractivity contribution in [2.45, 2.75) is 145 Å². The molecular weight excluding hydrogens is 1110 g/mol. The summed E-state index contributed by atoms with van der Waals surface area (Å²) in [5.74, 6) is 0.840. The molecule has 0 fully saturated rings. The number of hydrogen-bond acceptors (Lipinski definition) is 4. The van der Waals surface area contributed by atoms with E-state index < -0.39 is 51.0 Å². The Bertz CT molecular complexity index is 2940. The van der Waals surface area contributed by atoms with Crippen molar-refractivity contribution >= 4 is 51.0 Å². The normalized spacial score (nSPS) is 13.1. The van der Waals surface area contributed by atoms with E-state index in [1.807, 2.05) is 0 Å². The van der Waals surface area contributed by atoms with Crippen molar-refractivity contribution in [3.8, 4) is 0 Å². The molecule has 9 aromatic rings. The summed E-state index contributed by atoms with van der Waals surface area (Å²) in [6.45, 7) is 25.9. The van der Waals surface area contributed by atoms with Gasteiger partial charge in [-0.1, -0.05) is 0 Å². The average Bonchev–Trinajstić information content (AvgIpc) is 3.45. The number of aryl methyl sites for hydroxylation is 6. The van der Waals surface area contributed by atoms with Gasteiger partial charge in [0.15, 0.2) is 0 Å². The van der Waals surface area contributed by atoms with Crippen molar-refractivity contribution < 1.29 is 10.4 Å². The molecule has 0 N–H and O–H groups in total. The van der Waals surface area contributed by atoms with Crippen LogP contribution in [0, 0.1) is 41.5 Å². The van der Waals surface area contributed by atoms with E-state index in [1.54, 1.807) is 0 Å². The van der Waals surface area contributed by atoms with Crippen molar-refractivity contribution in [2.24, 2.45) is 0 Å². The van der Waals surface area contributed by atoms with Crippen molar-refractivity contribution in [2.75, 3.05) is 0 Å². The van der Waals surface area contributed by atoms with Gasteiger partial charge in [-0.05, 0) is 0 Å². The zero-order valence-electron chi connectivity index (χ0n) is 46.8. The van der Waals surface area contributed by atoms with Crippen LogP contribution >= 0.6 is 30.9 Å². The molecule has 0 aliphatic rings. The van der Waals surface area contributed by atoms with Crippen LogP contribution in [0.1, 0.15) is 109 Å². The van der Waals surface area contributed by atoms with Crippen LogP contribution in [0.5, 0.6) is 0 Å². The molecule has 0 aromatic heterocycles. The molecule has 0 unspecified atom stereocenters. The van der Waals surface area contributed by atoms with Crippen LogP contribution in [0.2, 0.25) is 0 Å². The zero-order chi connectivity index (χ0) is 54.7. The quantitative estimate of drug-likeness (QED) is 0.0803. The molecule has 0 spiro atoms. The van der Waals surface area contributed by atoms with Gasteiger partial charge in [0, 0.05) is 0 Å². The Morgan fingerprint density at radius 3 is 0.506 bits per heavy atom. The van der Waals surface area contributed by atoms with Crippen molar-refractivity contribution in [3.05, 3.63) is 268 Å². The number of rotatable bonds is 18. The topological polar surface area (TPSA) is 44.8 Å². The zero-order valence-corrected chi connectivity index (χ0v) is 51.8. The minimum absolute atomic E-state index is 0.280. The molecule has 0 saturated heterocycles. The predicted octanol–water partition coefficient (Wildman–Crippen LogP) is 20.8. The Labute approximate surface area is 471 Å². The van der Waals surface area contributed by atoms with Gasteiger partial charge >= 0.3 is 475 Å². The third kappa shape index (κ3) is 11.7. The molecule has 0 aliphatic heterocycles. The first-order chi connectivity index (χ1) is 36.8. The van der Waals surface area contributed by atoms with E-state index in [0.29, 0.717) is 0 Å². The summed E-state index contributed by atoms with van der Waals surface area (Å²) in [5, 5.41) is 0. The van der Waals surface area contributed by atoms with Crippen LogP contribution in [0.4, 0.5) is 0 Å². The van der Waals surface area contributed by atoms with Crippen LogP contribution in [0.25, 0.3) is 0 Å². The average molecular weight is 1190 g/mol. The fourth-order valence-electron chi connectivity index (χ4n) is 9.57. The summed E-state index contributed by atoms with van der Waals surface area (Å²) in [6.07, 6.45) is 0. The summed E-state index contributed by atoms with van der Waals surface area (Å²) in [5.41, 5.74) is 10.2. The Balaban J connectivity index is 1.47. The monoisotopic (exact) mass is 1180 g/mol. The molecule has 9 rings (SSSR count). The van der Waals surface area contributed by atoms with Crippen LogP contribution in [0.15, 0.2) is 262 Å². The van der Waals surface area contributed by atoms with E-state index in [4.69, 9.17) is 7.38 Å². The van der Waals surface area contributed by atoms with Gasteiger partial charge in [0.1, 0.15) is 0 Å².